The number of rotatable bonds is 3. The monoisotopic (exact) mass is 341 g/mol. The van der Waals surface area contributed by atoms with Crippen LogP contribution in [-0.2, 0) is 9.53 Å². The average molecular weight is 341 g/mol. The molecular formula is C21H27NO3. The van der Waals surface area contributed by atoms with Gasteiger partial charge >= 0.3 is 5.97 Å². The molecular weight excluding hydrogens is 314 g/mol. The van der Waals surface area contributed by atoms with Gasteiger partial charge in [-0.3, -0.25) is 4.79 Å². The van der Waals surface area contributed by atoms with Crippen molar-refractivity contribution in [1.29, 1.82) is 0 Å². The minimum absolute atomic E-state index is 0.167. The molecule has 0 saturated heterocycles. The van der Waals surface area contributed by atoms with Gasteiger partial charge in [-0.15, -0.1) is 0 Å². The molecule has 0 radical (unpaired) electrons. The molecule has 0 spiro atoms. The maximum Gasteiger partial charge on any atom is 0.337 e. The minimum atomic E-state index is -0.361. The first kappa shape index (κ1) is 16.6. The SMILES string of the molecule is COC(=O)c1ccc(NC(=O)C23CC4C[C@](C)(C2)C[C@](C)(C4)C3)cc1. The molecule has 4 aliphatic rings. The van der Waals surface area contributed by atoms with Gasteiger partial charge in [-0.1, -0.05) is 13.8 Å². The van der Waals surface area contributed by atoms with E-state index in [1.54, 1.807) is 24.3 Å². The van der Waals surface area contributed by atoms with E-state index in [1.165, 1.54) is 26.4 Å². The van der Waals surface area contributed by atoms with Crippen molar-refractivity contribution in [2.45, 2.75) is 52.4 Å². The third-order valence-corrected chi connectivity index (χ3v) is 6.67. The summed E-state index contributed by atoms with van der Waals surface area (Å²) in [6.45, 7) is 4.76. The second kappa shape index (κ2) is 5.33. The molecule has 4 saturated carbocycles. The molecule has 4 aliphatic carbocycles. The molecule has 1 aromatic carbocycles. The molecule has 4 heteroatoms. The number of methoxy groups -OCH3 is 1. The fraction of sp³-hybridized carbons (Fsp3) is 0.619. The van der Waals surface area contributed by atoms with Crippen LogP contribution in [0.4, 0.5) is 5.69 Å². The average Bonchev–Trinajstić information content (AvgIpc) is 2.51. The fourth-order valence-corrected chi connectivity index (χ4v) is 6.77. The smallest absolute Gasteiger partial charge is 0.337 e. The van der Waals surface area contributed by atoms with Gasteiger partial charge in [0.25, 0.3) is 0 Å². The van der Waals surface area contributed by atoms with E-state index in [0.29, 0.717) is 22.3 Å². The van der Waals surface area contributed by atoms with Gasteiger partial charge in [-0.05, 0) is 79.5 Å². The Morgan fingerprint density at radius 1 is 1.00 bits per heavy atom. The molecule has 0 aromatic heterocycles. The molecule has 0 aliphatic heterocycles. The van der Waals surface area contributed by atoms with Gasteiger partial charge in [0.05, 0.1) is 18.1 Å². The summed E-state index contributed by atoms with van der Waals surface area (Å²) in [4.78, 5) is 24.8. The molecule has 1 N–H and O–H groups in total. The van der Waals surface area contributed by atoms with Crippen LogP contribution in [0.5, 0.6) is 0 Å². The Labute approximate surface area is 149 Å². The third kappa shape index (κ3) is 2.76. The molecule has 4 fully saturated rings. The summed E-state index contributed by atoms with van der Waals surface area (Å²) in [5, 5.41) is 3.13. The number of esters is 1. The summed E-state index contributed by atoms with van der Waals surface area (Å²) >= 11 is 0. The van der Waals surface area contributed by atoms with Crippen molar-refractivity contribution < 1.29 is 14.3 Å². The zero-order valence-electron chi connectivity index (χ0n) is 15.4. The number of carbonyl (C=O) groups is 2. The second-order valence-electron chi connectivity index (χ2n) is 9.43. The number of hydrogen-bond acceptors (Lipinski definition) is 3. The molecule has 1 amide bonds. The van der Waals surface area contributed by atoms with Crippen molar-refractivity contribution in [3.8, 4) is 0 Å². The van der Waals surface area contributed by atoms with Gasteiger partial charge in [0.2, 0.25) is 5.91 Å². The highest BCUT2D eigenvalue weighted by Gasteiger charge is 2.62. The fourth-order valence-electron chi connectivity index (χ4n) is 6.77. The molecule has 25 heavy (non-hydrogen) atoms. The lowest BCUT2D eigenvalue weighted by molar-refractivity contribution is -0.165. The highest BCUT2D eigenvalue weighted by Crippen LogP contribution is 2.69. The summed E-state index contributed by atoms with van der Waals surface area (Å²) in [5.74, 6) is 0.498. The van der Waals surface area contributed by atoms with E-state index in [4.69, 9.17) is 4.74 Å². The van der Waals surface area contributed by atoms with Crippen LogP contribution in [0.1, 0.15) is 62.7 Å². The van der Waals surface area contributed by atoms with Crippen LogP contribution in [0, 0.1) is 22.2 Å². The van der Waals surface area contributed by atoms with Crippen LogP contribution >= 0.6 is 0 Å². The van der Waals surface area contributed by atoms with Crippen LogP contribution in [0.25, 0.3) is 0 Å². The van der Waals surface area contributed by atoms with Crippen LogP contribution in [0.15, 0.2) is 24.3 Å². The largest absolute Gasteiger partial charge is 0.465 e. The maximum absolute atomic E-state index is 13.2. The lowest BCUT2D eigenvalue weighted by Crippen LogP contribution is -2.58. The van der Waals surface area contributed by atoms with Crippen LogP contribution in [0.3, 0.4) is 0 Å². The number of anilines is 1. The summed E-state index contributed by atoms with van der Waals surface area (Å²) in [7, 11) is 1.37. The molecule has 5 rings (SSSR count). The third-order valence-electron chi connectivity index (χ3n) is 6.67. The second-order valence-corrected chi connectivity index (χ2v) is 9.43. The lowest BCUT2D eigenvalue weighted by Gasteiger charge is -2.64. The zero-order valence-corrected chi connectivity index (χ0v) is 15.4. The molecule has 134 valence electrons. The van der Waals surface area contributed by atoms with Gasteiger partial charge < -0.3 is 10.1 Å². The van der Waals surface area contributed by atoms with Crippen molar-refractivity contribution in [3.63, 3.8) is 0 Å². The van der Waals surface area contributed by atoms with Gasteiger partial charge in [-0.2, -0.15) is 0 Å². The van der Waals surface area contributed by atoms with E-state index in [1.807, 2.05) is 0 Å². The van der Waals surface area contributed by atoms with E-state index in [-0.39, 0.29) is 17.3 Å². The number of carbonyl (C=O) groups excluding carboxylic acids is 2. The number of nitrogens with one attached hydrogen (secondary N) is 1. The predicted octanol–water partition coefficient (Wildman–Crippen LogP) is 4.41. The first-order valence-electron chi connectivity index (χ1n) is 9.25. The normalized spacial score (nSPS) is 38.4. The summed E-state index contributed by atoms with van der Waals surface area (Å²) < 4.78 is 4.72. The van der Waals surface area contributed by atoms with Crippen LogP contribution in [-0.4, -0.2) is 19.0 Å². The lowest BCUT2D eigenvalue weighted by atomic mass is 9.40. The quantitative estimate of drug-likeness (QED) is 0.829. The maximum atomic E-state index is 13.2. The van der Waals surface area contributed by atoms with Crippen molar-refractivity contribution in [2.75, 3.05) is 12.4 Å². The number of hydrogen-bond donors (Lipinski definition) is 1. The summed E-state index contributed by atoms with van der Waals surface area (Å²) in [6, 6.07) is 6.97. The summed E-state index contributed by atoms with van der Waals surface area (Å²) in [5.41, 5.74) is 1.67. The molecule has 0 heterocycles. The first-order valence-corrected chi connectivity index (χ1v) is 9.25. The topological polar surface area (TPSA) is 55.4 Å². The van der Waals surface area contributed by atoms with Crippen LogP contribution in [0.2, 0.25) is 0 Å². The number of ether oxygens (including phenoxy) is 1. The van der Waals surface area contributed by atoms with Gasteiger partial charge in [0.1, 0.15) is 0 Å². The van der Waals surface area contributed by atoms with Crippen molar-refractivity contribution in [1.82, 2.24) is 0 Å². The van der Waals surface area contributed by atoms with Crippen LogP contribution < -0.4 is 5.32 Å². The van der Waals surface area contributed by atoms with E-state index in [0.717, 1.165) is 24.9 Å². The molecule has 0 unspecified atom stereocenters. The Morgan fingerprint density at radius 2 is 1.60 bits per heavy atom. The van der Waals surface area contributed by atoms with Crippen molar-refractivity contribution in [2.24, 2.45) is 22.2 Å². The molecule has 4 nitrogen and oxygen atoms in total. The molecule has 1 aromatic rings. The Kier molecular flexibility index (Phi) is 3.54. The van der Waals surface area contributed by atoms with Gasteiger partial charge in [0, 0.05) is 5.69 Å². The zero-order chi connectivity index (χ0) is 17.9. The highest BCUT2D eigenvalue weighted by atomic mass is 16.5. The Morgan fingerprint density at radius 3 is 2.12 bits per heavy atom. The van der Waals surface area contributed by atoms with E-state index in [2.05, 4.69) is 19.2 Å². The Balaban J connectivity index is 1.54. The highest BCUT2D eigenvalue weighted by molar-refractivity contribution is 5.96. The summed E-state index contributed by atoms with van der Waals surface area (Å²) in [6.07, 6.45) is 6.89. The Bertz CT molecular complexity index is 705. The van der Waals surface area contributed by atoms with E-state index < -0.39 is 0 Å². The molecule has 4 bridgehead atoms. The van der Waals surface area contributed by atoms with Crippen molar-refractivity contribution >= 4 is 17.6 Å². The predicted molar refractivity (Wildman–Crippen MR) is 96.3 cm³/mol. The minimum Gasteiger partial charge on any atom is -0.465 e. The first-order chi connectivity index (χ1) is 11.7. The van der Waals surface area contributed by atoms with E-state index in [9.17, 15) is 9.59 Å². The Hall–Kier alpha value is -1.84. The molecule has 2 atom stereocenters. The van der Waals surface area contributed by atoms with Gasteiger partial charge in [0.15, 0.2) is 0 Å². The van der Waals surface area contributed by atoms with Gasteiger partial charge in [-0.25, -0.2) is 4.79 Å². The van der Waals surface area contributed by atoms with E-state index >= 15 is 0 Å². The number of benzene rings is 1. The standard InChI is InChI=1S/C21H27NO3/c1-19-8-14-9-20(2,11-19)13-21(10-14,12-19)18(24)22-16-6-4-15(5-7-16)17(23)25-3/h4-7,14H,8-13H2,1-3H3,(H,22,24)/t14?,19-,20-,21?/m0/s1. The number of amides is 1. The van der Waals surface area contributed by atoms with Crippen molar-refractivity contribution in [3.05, 3.63) is 29.8 Å².